The highest BCUT2D eigenvalue weighted by atomic mass is 32.2. The molecule has 0 aromatic heterocycles. The predicted molar refractivity (Wildman–Crippen MR) is 256 cm³/mol. The molecule has 0 spiro atoms. The molecule has 0 fully saturated rings. The summed E-state index contributed by atoms with van der Waals surface area (Å²) in [6, 6.07) is 37.9. The highest BCUT2D eigenvalue weighted by Gasteiger charge is 2.43. The Hall–Kier alpha value is -6.04. The molecule has 17 heteroatoms. The first-order valence-corrected chi connectivity index (χ1v) is 24.1. The number of methoxy groups -OCH3 is 3. The molecule has 0 aliphatic carbocycles. The van der Waals surface area contributed by atoms with Gasteiger partial charge >= 0.3 is 12.7 Å². The number of hydrogen-bond donors (Lipinski definition) is 0. The maximum Gasteiger partial charge on any atom is 0.573 e. The molecule has 3 unspecified atom stereocenters. The van der Waals surface area contributed by atoms with Crippen LogP contribution < -0.4 is 23.7 Å². The zero-order valence-corrected chi connectivity index (χ0v) is 40.1. The Balaban J connectivity index is 0.000000154. The van der Waals surface area contributed by atoms with Crippen LogP contribution in [0.25, 0.3) is 0 Å². The van der Waals surface area contributed by atoms with Crippen LogP contribution in [0.4, 0.5) is 26.3 Å². The first-order valence-electron chi connectivity index (χ1n) is 21.1. The molecule has 0 N–H and O–H groups in total. The number of alkyl halides is 6. The number of fused-ring (bicyclic) bond motifs is 3. The number of hydrogen-bond acceptors (Lipinski definition) is 11. The summed E-state index contributed by atoms with van der Waals surface area (Å²) in [5.74, 6) is 3.10. The lowest BCUT2D eigenvalue weighted by Gasteiger charge is -2.33. The van der Waals surface area contributed by atoms with Crippen molar-refractivity contribution < 1.29 is 64.4 Å². The molecule has 69 heavy (non-hydrogen) atoms. The lowest BCUT2D eigenvalue weighted by Crippen LogP contribution is -2.33. The number of carbonyl (C=O) groups excluding carboxylic acids is 3. The van der Waals surface area contributed by atoms with Crippen molar-refractivity contribution in [2.45, 2.75) is 58.6 Å². The number of carbonyl (C=O) groups is 3. The summed E-state index contributed by atoms with van der Waals surface area (Å²) < 4.78 is 95.8. The van der Waals surface area contributed by atoms with E-state index in [4.69, 9.17) is 14.2 Å². The van der Waals surface area contributed by atoms with Crippen LogP contribution in [0.2, 0.25) is 0 Å². The van der Waals surface area contributed by atoms with Crippen LogP contribution in [0.5, 0.6) is 28.7 Å². The van der Waals surface area contributed by atoms with Gasteiger partial charge in [0.25, 0.3) is 0 Å². The molecule has 3 heterocycles. The number of halogens is 6. The molecule has 0 amide bonds. The summed E-state index contributed by atoms with van der Waals surface area (Å²) in [5, 5.41) is -0.0965. The molecule has 6 aromatic carbocycles. The van der Waals surface area contributed by atoms with E-state index < -0.39 is 22.2 Å². The van der Waals surface area contributed by atoms with Crippen molar-refractivity contribution in [2.24, 2.45) is 0 Å². The fourth-order valence-electron chi connectivity index (χ4n) is 7.86. The Morgan fingerprint density at radius 3 is 1.32 bits per heavy atom. The molecular formula is C52H44F6O8S3. The smallest absolute Gasteiger partial charge is 0.497 e. The van der Waals surface area contributed by atoms with Gasteiger partial charge in [-0.15, -0.1) is 61.6 Å². The summed E-state index contributed by atoms with van der Waals surface area (Å²) in [6.07, 6.45) is -9.50. The number of thioether (sulfide) groups is 3. The zero-order chi connectivity index (χ0) is 49.7. The van der Waals surface area contributed by atoms with Crippen molar-refractivity contribution >= 4 is 52.6 Å². The van der Waals surface area contributed by atoms with E-state index in [0.717, 1.165) is 39.3 Å². The van der Waals surface area contributed by atoms with Gasteiger partial charge < -0.3 is 23.7 Å². The molecule has 0 bridgehead atoms. The van der Waals surface area contributed by atoms with Crippen molar-refractivity contribution in [1.82, 2.24) is 0 Å². The normalized spacial score (nSPS) is 19.5. The van der Waals surface area contributed by atoms with Gasteiger partial charge in [-0.2, -0.15) is 0 Å². The van der Waals surface area contributed by atoms with Crippen molar-refractivity contribution in [3.8, 4) is 28.7 Å². The maximum absolute atomic E-state index is 13.0. The zero-order valence-electron chi connectivity index (χ0n) is 37.7. The average molecular weight is 1010 g/mol. The van der Waals surface area contributed by atoms with E-state index in [-0.39, 0.29) is 34.1 Å². The summed E-state index contributed by atoms with van der Waals surface area (Å²) in [7, 11) is 4.75. The number of Topliss-reactive ketones (excluding diaryl/α,β-unsaturated/α-hetero) is 3. The van der Waals surface area contributed by atoms with Gasteiger partial charge in [0.05, 0.1) is 26.6 Å². The molecular weight excluding hydrogens is 963 g/mol. The monoisotopic (exact) mass is 1010 g/mol. The minimum atomic E-state index is -4.75. The molecule has 0 radical (unpaired) electrons. The Bertz CT molecular complexity index is 2690. The highest BCUT2D eigenvalue weighted by Crippen LogP contribution is 2.49. The Morgan fingerprint density at radius 2 is 0.899 bits per heavy atom. The summed E-state index contributed by atoms with van der Waals surface area (Å²) >= 11 is 4.45. The molecule has 3 atom stereocenters. The fourth-order valence-corrected chi connectivity index (χ4v) is 11.5. The number of ether oxygens (including phenoxy) is 5. The standard InChI is InChI=1S/2C18H15F3O3S.C16H14O2S/c2*1-17(12-3-5-13(23-2)6-4-12)16(22)15-8-7-14(24-18(19,20)21)9-11(15)10-25-17;1-18-13-8-7-12-10-19-16(15(17)14(12)9-13)11-5-3-2-4-6-11/h2*3-9H,10H2,1-2H3;2-9,16H,10H2,1H3. The largest absolute Gasteiger partial charge is 0.573 e. The van der Waals surface area contributed by atoms with Crippen molar-refractivity contribution in [2.75, 3.05) is 21.3 Å². The SMILES string of the molecule is COc1ccc(C2(C)SCc3cc(OC(F)(F)F)ccc3C2=O)cc1.COc1ccc(C2(C)SCc3cc(OC(F)(F)F)ccc3C2=O)cc1.COc1ccc2c(c1)C(=O)C(c1ccccc1)SC2. The van der Waals surface area contributed by atoms with E-state index >= 15 is 0 Å². The van der Waals surface area contributed by atoms with E-state index in [1.807, 2.05) is 86.6 Å². The molecule has 360 valence electrons. The van der Waals surface area contributed by atoms with Crippen LogP contribution in [-0.2, 0) is 26.8 Å². The van der Waals surface area contributed by atoms with Crippen LogP contribution in [0.15, 0.2) is 133 Å². The first kappa shape index (κ1) is 50.8. The third-order valence-corrected chi connectivity index (χ3v) is 15.8. The fraction of sp³-hybridized carbons (Fsp3) is 0.250. The minimum absolute atomic E-state index is 0.0965. The van der Waals surface area contributed by atoms with E-state index in [1.54, 1.807) is 57.4 Å². The van der Waals surface area contributed by atoms with E-state index in [0.29, 0.717) is 45.3 Å². The van der Waals surface area contributed by atoms with Crippen LogP contribution in [0.1, 0.15) is 83.6 Å². The van der Waals surface area contributed by atoms with Gasteiger partial charge in [-0.3, -0.25) is 14.4 Å². The van der Waals surface area contributed by atoms with E-state index in [1.165, 1.54) is 59.9 Å². The van der Waals surface area contributed by atoms with Crippen LogP contribution in [-0.4, -0.2) is 51.4 Å². The van der Waals surface area contributed by atoms with E-state index in [2.05, 4.69) is 9.47 Å². The molecule has 9 rings (SSSR count). The second-order valence-electron chi connectivity index (χ2n) is 16.0. The van der Waals surface area contributed by atoms with Gasteiger partial charge in [0.2, 0.25) is 0 Å². The second kappa shape index (κ2) is 20.9. The van der Waals surface area contributed by atoms with Crippen molar-refractivity contribution in [3.05, 3.63) is 184 Å². The minimum Gasteiger partial charge on any atom is -0.497 e. The van der Waals surface area contributed by atoms with Gasteiger partial charge in [-0.1, -0.05) is 60.7 Å². The molecule has 6 aromatic rings. The van der Waals surface area contributed by atoms with Gasteiger partial charge in [0, 0.05) is 33.9 Å². The Kier molecular flexibility index (Phi) is 15.4. The average Bonchev–Trinajstić information content (AvgIpc) is 3.34. The lowest BCUT2D eigenvalue weighted by molar-refractivity contribution is -0.275. The quantitative estimate of drug-likeness (QED) is 0.136. The van der Waals surface area contributed by atoms with Gasteiger partial charge in [0.15, 0.2) is 17.3 Å². The topological polar surface area (TPSA) is 97.4 Å². The third kappa shape index (κ3) is 11.7. The highest BCUT2D eigenvalue weighted by molar-refractivity contribution is 8.00. The van der Waals surface area contributed by atoms with Gasteiger partial charge in [-0.25, -0.2) is 0 Å². The number of rotatable bonds is 8. The van der Waals surface area contributed by atoms with Crippen molar-refractivity contribution in [1.29, 1.82) is 0 Å². The lowest BCUT2D eigenvalue weighted by atomic mass is 9.88. The predicted octanol–water partition coefficient (Wildman–Crippen LogP) is 13.7. The molecule has 0 saturated heterocycles. The van der Waals surface area contributed by atoms with Crippen LogP contribution in [0, 0.1) is 0 Å². The van der Waals surface area contributed by atoms with Gasteiger partial charge in [-0.05, 0) is 120 Å². The summed E-state index contributed by atoms with van der Waals surface area (Å²) in [4.78, 5) is 38.6. The Morgan fingerprint density at radius 1 is 0.478 bits per heavy atom. The number of ketones is 3. The summed E-state index contributed by atoms with van der Waals surface area (Å²) in [6.45, 7) is 3.65. The second-order valence-corrected chi connectivity index (χ2v) is 19.9. The van der Waals surface area contributed by atoms with E-state index in [9.17, 15) is 40.7 Å². The maximum atomic E-state index is 13.0. The van der Waals surface area contributed by atoms with Crippen molar-refractivity contribution in [3.63, 3.8) is 0 Å². The Labute approximate surface area is 407 Å². The third-order valence-electron chi connectivity index (χ3n) is 11.6. The molecule has 3 aliphatic rings. The molecule has 8 nitrogen and oxygen atoms in total. The van der Waals surface area contributed by atoms with Crippen LogP contribution >= 0.6 is 35.3 Å². The van der Waals surface area contributed by atoms with Gasteiger partial charge in [0.1, 0.15) is 38.2 Å². The summed E-state index contributed by atoms with van der Waals surface area (Å²) in [5.41, 5.74) is 6.55. The molecule has 0 saturated carbocycles. The first-order chi connectivity index (χ1) is 32.7. The van der Waals surface area contributed by atoms with Crippen LogP contribution in [0.3, 0.4) is 0 Å². The molecule has 3 aliphatic heterocycles. The number of benzene rings is 6.